The van der Waals surface area contributed by atoms with E-state index >= 15 is 0 Å². The highest BCUT2D eigenvalue weighted by Crippen LogP contribution is 2.13. The molecule has 2 aromatic rings. The molecule has 2 amide bonds. The maximum atomic E-state index is 12.2. The van der Waals surface area contributed by atoms with Crippen LogP contribution in [0.2, 0.25) is 0 Å². The Morgan fingerprint density at radius 3 is 2.32 bits per heavy atom. The van der Waals surface area contributed by atoms with Crippen LogP contribution < -0.4 is 15.4 Å². The van der Waals surface area contributed by atoms with E-state index in [-0.39, 0.29) is 24.1 Å². The van der Waals surface area contributed by atoms with Crippen molar-refractivity contribution in [2.24, 2.45) is 0 Å². The van der Waals surface area contributed by atoms with E-state index < -0.39 is 5.91 Å². The summed E-state index contributed by atoms with van der Waals surface area (Å²) in [7, 11) is 1.58. The Kier molecular flexibility index (Phi) is 6.34. The van der Waals surface area contributed by atoms with Gasteiger partial charge in [-0.05, 0) is 30.2 Å². The topological polar surface area (TPSA) is 67.4 Å². The maximum Gasteiger partial charge on any atom is 0.267 e. The summed E-state index contributed by atoms with van der Waals surface area (Å²) in [6.07, 6.45) is 0.157. The van der Waals surface area contributed by atoms with Crippen LogP contribution in [0.5, 0.6) is 5.75 Å². The van der Waals surface area contributed by atoms with Gasteiger partial charge in [0.2, 0.25) is 5.91 Å². The lowest BCUT2D eigenvalue weighted by molar-refractivity contribution is -0.123. The predicted molar refractivity (Wildman–Crippen MR) is 97.0 cm³/mol. The Morgan fingerprint density at radius 2 is 1.72 bits per heavy atom. The van der Waals surface area contributed by atoms with Crippen molar-refractivity contribution in [3.05, 3.63) is 78.0 Å². The van der Waals surface area contributed by atoms with Crippen LogP contribution in [-0.2, 0) is 16.0 Å². The Morgan fingerprint density at radius 1 is 1.08 bits per heavy atom. The Hall–Kier alpha value is -3.08. The number of hydrogen-bond acceptors (Lipinski definition) is 3. The maximum absolute atomic E-state index is 12.2. The van der Waals surface area contributed by atoms with Crippen molar-refractivity contribution in [3.8, 4) is 5.75 Å². The summed E-state index contributed by atoms with van der Waals surface area (Å²) in [5.74, 6) is 0.0277. The zero-order valence-electron chi connectivity index (χ0n) is 14.4. The van der Waals surface area contributed by atoms with E-state index in [0.717, 1.165) is 16.9 Å². The average molecular weight is 338 g/mol. The van der Waals surface area contributed by atoms with Gasteiger partial charge in [-0.3, -0.25) is 9.59 Å². The fourth-order valence-electron chi connectivity index (χ4n) is 2.31. The molecule has 0 bridgehead atoms. The highest BCUT2D eigenvalue weighted by molar-refractivity contribution is 5.97. The standard InChI is InChI=1S/C20H22N2O3/c1-14(17-7-5-4-6-8-17)22-20(24)15(2)21-19(23)13-16-9-11-18(25-3)12-10-16/h4-12,14H,2,13H2,1,3H3,(H,21,23)(H,22,24)/t14-/m1/s1. The Balaban J connectivity index is 1.85. The molecule has 2 aromatic carbocycles. The van der Waals surface area contributed by atoms with E-state index in [1.54, 1.807) is 31.4 Å². The van der Waals surface area contributed by atoms with E-state index in [0.29, 0.717) is 0 Å². The molecule has 0 spiro atoms. The molecule has 0 aliphatic carbocycles. The minimum Gasteiger partial charge on any atom is -0.497 e. The van der Waals surface area contributed by atoms with Gasteiger partial charge in [-0.15, -0.1) is 0 Å². The van der Waals surface area contributed by atoms with Crippen LogP contribution in [0.15, 0.2) is 66.9 Å². The minimum absolute atomic E-state index is 0.0290. The van der Waals surface area contributed by atoms with Gasteiger partial charge in [0.05, 0.1) is 25.3 Å². The molecule has 25 heavy (non-hydrogen) atoms. The van der Waals surface area contributed by atoms with E-state index in [4.69, 9.17) is 4.74 Å². The number of rotatable bonds is 7. The number of amides is 2. The fraction of sp³-hybridized carbons (Fsp3) is 0.200. The summed E-state index contributed by atoms with van der Waals surface area (Å²) in [6, 6.07) is 16.6. The number of nitrogens with one attached hydrogen (secondary N) is 2. The second-order valence-electron chi connectivity index (χ2n) is 5.66. The molecule has 0 aromatic heterocycles. The summed E-state index contributed by atoms with van der Waals surface area (Å²) >= 11 is 0. The molecule has 0 aliphatic heterocycles. The molecule has 0 radical (unpaired) electrons. The zero-order valence-corrected chi connectivity index (χ0v) is 14.4. The molecule has 0 heterocycles. The summed E-state index contributed by atoms with van der Waals surface area (Å²) in [6.45, 7) is 5.52. The Bertz CT molecular complexity index is 739. The van der Waals surface area contributed by atoms with Crippen molar-refractivity contribution in [1.29, 1.82) is 0 Å². The van der Waals surface area contributed by atoms with Gasteiger partial charge in [-0.25, -0.2) is 0 Å². The molecule has 0 aliphatic rings. The molecule has 5 heteroatoms. The lowest BCUT2D eigenvalue weighted by atomic mass is 10.1. The van der Waals surface area contributed by atoms with E-state index in [2.05, 4.69) is 17.2 Å². The highest BCUT2D eigenvalue weighted by Gasteiger charge is 2.14. The normalized spacial score (nSPS) is 11.3. The SMILES string of the molecule is C=C(NC(=O)Cc1ccc(OC)cc1)C(=O)N[C@H](C)c1ccccc1. The van der Waals surface area contributed by atoms with Gasteiger partial charge in [0.1, 0.15) is 5.75 Å². The molecule has 1 atom stereocenters. The summed E-state index contributed by atoms with van der Waals surface area (Å²) in [5, 5.41) is 5.35. The first-order valence-corrected chi connectivity index (χ1v) is 7.97. The van der Waals surface area contributed by atoms with Gasteiger partial charge in [0.15, 0.2) is 0 Å². The number of hydrogen-bond donors (Lipinski definition) is 2. The van der Waals surface area contributed by atoms with Crippen LogP contribution in [0.4, 0.5) is 0 Å². The van der Waals surface area contributed by atoms with Gasteiger partial charge in [0, 0.05) is 0 Å². The molecule has 2 rings (SSSR count). The molecule has 0 saturated heterocycles. The molecule has 0 fully saturated rings. The van der Waals surface area contributed by atoms with E-state index in [9.17, 15) is 9.59 Å². The van der Waals surface area contributed by atoms with Crippen molar-refractivity contribution in [2.75, 3.05) is 7.11 Å². The van der Waals surface area contributed by atoms with Crippen LogP contribution in [-0.4, -0.2) is 18.9 Å². The van der Waals surface area contributed by atoms with Gasteiger partial charge < -0.3 is 15.4 Å². The predicted octanol–water partition coefficient (Wildman–Crippen LogP) is 2.75. The molecular weight excluding hydrogens is 316 g/mol. The number of methoxy groups -OCH3 is 1. The largest absolute Gasteiger partial charge is 0.497 e. The summed E-state index contributed by atoms with van der Waals surface area (Å²) in [5.41, 5.74) is 1.83. The number of carbonyl (C=O) groups is 2. The summed E-state index contributed by atoms with van der Waals surface area (Å²) in [4.78, 5) is 24.2. The van der Waals surface area contributed by atoms with Crippen LogP contribution in [0.1, 0.15) is 24.1 Å². The Labute approximate surface area is 147 Å². The van der Waals surface area contributed by atoms with Crippen molar-refractivity contribution >= 4 is 11.8 Å². The van der Waals surface area contributed by atoms with Crippen molar-refractivity contribution in [2.45, 2.75) is 19.4 Å². The second kappa shape index (κ2) is 8.68. The first-order valence-electron chi connectivity index (χ1n) is 7.97. The molecule has 0 saturated carbocycles. The smallest absolute Gasteiger partial charge is 0.267 e. The van der Waals surface area contributed by atoms with Gasteiger partial charge in [-0.2, -0.15) is 0 Å². The number of ether oxygens (including phenoxy) is 1. The van der Waals surface area contributed by atoms with Crippen molar-refractivity contribution in [1.82, 2.24) is 10.6 Å². The molecule has 5 nitrogen and oxygen atoms in total. The first kappa shape index (κ1) is 18.3. The minimum atomic E-state index is -0.403. The first-order chi connectivity index (χ1) is 12.0. The monoisotopic (exact) mass is 338 g/mol. The number of carbonyl (C=O) groups excluding carboxylic acids is 2. The van der Waals surface area contributed by atoms with Crippen molar-refractivity contribution in [3.63, 3.8) is 0 Å². The molecular formula is C20H22N2O3. The lowest BCUT2D eigenvalue weighted by Gasteiger charge is -2.15. The lowest BCUT2D eigenvalue weighted by Crippen LogP contribution is -2.36. The third-order valence-corrected chi connectivity index (χ3v) is 3.74. The molecule has 0 unspecified atom stereocenters. The van der Waals surface area contributed by atoms with Crippen LogP contribution in [0, 0.1) is 0 Å². The van der Waals surface area contributed by atoms with E-state index in [1.165, 1.54) is 0 Å². The van der Waals surface area contributed by atoms with Gasteiger partial charge in [-0.1, -0.05) is 49.0 Å². The average Bonchev–Trinajstić information content (AvgIpc) is 2.62. The van der Waals surface area contributed by atoms with Gasteiger partial charge >= 0.3 is 0 Å². The van der Waals surface area contributed by atoms with Gasteiger partial charge in [0.25, 0.3) is 5.91 Å². The third kappa shape index (κ3) is 5.49. The molecule has 130 valence electrons. The third-order valence-electron chi connectivity index (χ3n) is 3.74. The summed E-state index contributed by atoms with van der Waals surface area (Å²) < 4.78 is 5.08. The quantitative estimate of drug-likeness (QED) is 0.763. The van der Waals surface area contributed by atoms with Crippen molar-refractivity contribution < 1.29 is 14.3 Å². The number of benzene rings is 2. The zero-order chi connectivity index (χ0) is 18.2. The van der Waals surface area contributed by atoms with Crippen LogP contribution in [0.3, 0.4) is 0 Å². The highest BCUT2D eigenvalue weighted by atomic mass is 16.5. The molecule has 2 N–H and O–H groups in total. The fourth-order valence-corrected chi connectivity index (χ4v) is 2.31. The van der Waals surface area contributed by atoms with Crippen LogP contribution in [0.25, 0.3) is 0 Å². The second-order valence-corrected chi connectivity index (χ2v) is 5.66. The van der Waals surface area contributed by atoms with Crippen LogP contribution >= 0.6 is 0 Å². The van der Waals surface area contributed by atoms with E-state index in [1.807, 2.05) is 37.3 Å².